The number of esters is 1. The zero-order valence-electron chi connectivity index (χ0n) is 21.8. The summed E-state index contributed by atoms with van der Waals surface area (Å²) >= 11 is 1.79. The molecule has 1 N–H and O–H groups in total. The summed E-state index contributed by atoms with van der Waals surface area (Å²) in [5.74, 6) is 3.47. The first-order chi connectivity index (χ1) is 17.4. The summed E-state index contributed by atoms with van der Waals surface area (Å²) in [6.07, 6.45) is 7.29. The van der Waals surface area contributed by atoms with E-state index in [9.17, 15) is 4.79 Å². The van der Waals surface area contributed by atoms with Gasteiger partial charge in [0.2, 0.25) is 6.73 Å². The highest BCUT2D eigenvalue weighted by molar-refractivity contribution is 7.16. The van der Waals surface area contributed by atoms with Crippen LogP contribution in [0.4, 0.5) is 16.4 Å². The van der Waals surface area contributed by atoms with E-state index in [2.05, 4.69) is 54.5 Å². The molecule has 4 aliphatic carbocycles. The van der Waals surface area contributed by atoms with Crippen LogP contribution in [0, 0.1) is 30.1 Å². The average Bonchev–Trinajstić information content (AvgIpc) is 3.14. The van der Waals surface area contributed by atoms with E-state index < -0.39 is 0 Å². The van der Waals surface area contributed by atoms with Crippen LogP contribution in [0.25, 0.3) is 0 Å². The number of nitrogens with zero attached hydrogens (tertiary/aromatic N) is 3. The Balaban J connectivity index is 0.00000252. The third kappa shape index (κ3) is 4.61. The largest absolute Gasteiger partial charge is 1.00 e. The highest BCUT2D eigenvalue weighted by Crippen LogP contribution is 2.60. The Hall–Kier alpha value is -1.65. The van der Waals surface area contributed by atoms with E-state index in [0.717, 1.165) is 84.9 Å². The van der Waals surface area contributed by atoms with Crippen molar-refractivity contribution in [2.45, 2.75) is 45.4 Å². The second kappa shape index (κ2) is 9.52. The monoisotopic (exact) mass is 632 g/mol. The number of hydrogen-bond acceptors (Lipinski definition) is 6. The van der Waals surface area contributed by atoms with E-state index in [0.29, 0.717) is 6.73 Å². The number of nitrogens with one attached hydrogen (secondary N) is 1. The number of fused-ring (bicyclic) bond motifs is 2. The lowest BCUT2D eigenvalue weighted by atomic mass is 9.49. The number of quaternary nitrogens is 1. The third-order valence-corrected chi connectivity index (χ3v) is 10.5. The number of thiophene rings is 1. The summed E-state index contributed by atoms with van der Waals surface area (Å²) in [6, 6.07) is 10.5. The van der Waals surface area contributed by atoms with Gasteiger partial charge in [-0.1, -0.05) is 12.1 Å². The third-order valence-electron chi connectivity index (χ3n) is 9.57. The van der Waals surface area contributed by atoms with Gasteiger partial charge in [0.15, 0.2) is 0 Å². The number of aryl methyl sites for hydroxylation is 1. The first-order valence-corrected chi connectivity index (χ1v) is 14.5. The molecular formula is C29H37IN4O2S. The fourth-order valence-corrected chi connectivity index (χ4v) is 8.92. The van der Waals surface area contributed by atoms with Crippen LogP contribution < -0.4 is 29.3 Å². The Kier molecular flexibility index (Phi) is 6.59. The number of anilines is 2. The average molecular weight is 633 g/mol. The van der Waals surface area contributed by atoms with Crippen molar-refractivity contribution in [3.8, 4) is 0 Å². The number of piperazine rings is 1. The minimum atomic E-state index is -0.168. The Morgan fingerprint density at radius 2 is 1.78 bits per heavy atom. The van der Waals surface area contributed by atoms with Crippen LogP contribution in [0.1, 0.15) is 49.0 Å². The van der Waals surface area contributed by atoms with Gasteiger partial charge in [-0.15, -0.1) is 11.3 Å². The van der Waals surface area contributed by atoms with Crippen LogP contribution in [0.5, 0.6) is 0 Å². The predicted molar refractivity (Wildman–Crippen MR) is 144 cm³/mol. The van der Waals surface area contributed by atoms with E-state index in [1.807, 2.05) is 0 Å². The number of aliphatic imine (C=N–C) groups is 1. The zero-order chi connectivity index (χ0) is 24.5. The minimum absolute atomic E-state index is 0. The van der Waals surface area contributed by atoms with E-state index >= 15 is 0 Å². The molecule has 1 saturated heterocycles. The number of benzene rings is 1. The van der Waals surface area contributed by atoms with Crippen molar-refractivity contribution in [2.24, 2.45) is 28.2 Å². The number of para-hydroxylation sites is 2. The molecule has 3 heterocycles. The molecule has 37 heavy (non-hydrogen) atoms. The maximum absolute atomic E-state index is 13.4. The van der Waals surface area contributed by atoms with Gasteiger partial charge in [-0.3, -0.25) is 9.28 Å². The molecule has 6 aliphatic rings. The smallest absolute Gasteiger partial charge is 0.316 e. The van der Waals surface area contributed by atoms with Crippen molar-refractivity contribution in [3.63, 3.8) is 0 Å². The van der Waals surface area contributed by atoms with Gasteiger partial charge in [0.05, 0.1) is 55.6 Å². The molecule has 4 bridgehead atoms. The van der Waals surface area contributed by atoms with Crippen LogP contribution >= 0.6 is 11.3 Å². The Morgan fingerprint density at radius 1 is 1.14 bits per heavy atom. The summed E-state index contributed by atoms with van der Waals surface area (Å²) in [5.41, 5.74) is 3.07. The quantitative estimate of drug-likeness (QED) is 0.322. The molecule has 4 saturated carbocycles. The van der Waals surface area contributed by atoms with E-state index in [4.69, 9.17) is 9.73 Å². The SMILES string of the molecule is Cc1cc2c(s1)Nc1ccccc1N=C2N1CC[N+](C)(COC(=O)C23CC4CC(CC(C4)C2)C3)CC1.[I-]. The summed E-state index contributed by atoms with van der Waals surface area (Å²) in [7, 11) is 2.25. The normalized spacial score (nSPS) is 30.8. The Morgan fingerprint density at radius 3 is 2.46 bits per heavy atom. The number of amidine groups is 1. The zero-order valence-corrected chi connectivity index (χ0v) is 24.8. The number of carbonyl (C=O) groups excluding carboxylic acids is 1. The Labute approximate surface area is 241 Å². The summed E-state index contributed by atoms with van der Waals surface area (Å²) in [4.78, 5) is 22.3. The van der Waals surface area contributed by atoms with Crippen molar-refractivity contribution in [3.05, 3.63) is 40.8 Å². The molecule has 0 spiro atoms. The van der Waals surface area contributed by atoms with Gasteiger partial charge < -0.3 is 38.9 Å². The standard InChI is InChI=1S/C29H37N4O2S.HI/c1-19-11-23-26(30-24-5-3-4-6-25(24)31-27(23)36-19)32-7-9-33(2,10-8-32)18-35-28(34)29-15-20-12-21(16-29)14-22(13-20)17-29;/h3-6,11,20-22,31H,7-10,12-18H2,1-2H3;1H/q+1;/p-1. The molecule has 8 rings (SSSR count). The van der Waals surface area contributed by atoms with Crippen LogP contribution in [-0.2, 0) is 9.53 Å². The number of rotatable bonds is 3. The lowest BCUT2D eigenvalue weighted by molar-refractivity contribution is -0.929. The molecule has 2 aliphatic heterocycles. The number of carbonyl (C=O) groups is 1. The first-order valence-electron chi connectivity index (χ1n) is 13.7. The molecule has 5 fully saturated rings. The highest BCUT2D eigenvalue weighted by Gasteiger charge is 2.55. The van der Waals surface area contributed by atoms with E-state index in [1.54, 1.807) is 11.3 Å². The van der Waals surface area contributed by atoms with Gasteiger partial charge >= 0.3 is 5.97 Å². The molecule has 0 unspecified atom stereocenters. The lowest BCUT2D eigenvalue weighted by Gasteiger charge is -2.55. The molecule has 1 aromatic carbocycles. The molecule has 0 radical (unpaired) electrons. The number of hydrogen-bond donors (Lipinski definition) is 1. The summed E-state index contributed by atoms with van der Waals surface area (Å²) in [6.45, 7) is 6.35. The van der Waals surface area contributed by atoms with E-state index in [-0.39, 0.29) is 35.4 Å². The van der Waals surface area contributed by atoms with Crippen LogP contribution in [0.3, 0.4) is 0 Å². The van der Waals surface area contributed by atoms with Gasteiger partial charge in [-0.2, -0.15) is 0 Å². The molecule has 6 nitrogen and oxygen atoms in total. The minimum Gasteiger partial charge on any atom is -1.00 e. The second-order valence-corrected chi connectivity index (χ2v) is 13.7. The summed E-state index contributed by atoms with van der Waals surface area (Å²) < 4.78 is 6.94. The molecule has 8 heteroatoms. The first kappa shape index (κ1) is 25.6. The molecule has 0 amide bonds. The Bertz CT molecular complexity index is 1200. The van der Waals surface area contributed by atoms with Crippen molar-refractivity contribution < 1.29 is 38.0 Å². The van der Waals surface area contributed by atoms with Gasteiger partial charge in [0, 0.05) is 4.88 Å². The van der Waals surface area contributed by atoms with E-state index in [1.165, 1.54) is 34.7 Å². The van der Waals surface area contributed by atoms with Crippen LogP contribution in [-0.4, -0.2) is 61.1 Å². The number of halogens is 1. The van der Waals surface area contributed by atoms with Gasteiger partial charge in [-0.05, 0) is 81.4 Å². The fourth-order valence-electron chi connectivity index (χ4n) is 8.00. The molecule has 198 valence electrons. The summed E-state index contributed by atoms with van der Waals surface area (Å²) in [5, 5.41) is 4.78. The van der Waals surface area contributed by atoms with Crippen LogP contribution in [0.2, 0.25) is 0 Å². The second-order valence-electron chi connectivity index (χ2n) is 12.5. The molecular weight excluding hydrogens is 595 g/mol. The molecule has 0 atom stereocenters. The van der Waals surface area contributed by atoms with Gasteiger partial charge in [-0.25, -0.2) is 4.99 Å². The number of likely N-dealkylation sites (N-methyl/N-ethyl adjacent to an activating group) is 1. The lowest BCUT2D eigenvalue weighted by Crippen LogP contribution is -3.00. The number of ether oxygens (including phenoxy) is 1. The highest BCUT2D eigenvalue weighted by atomic mass is 127. The topological polar surface area (TPSA) is 53.9 Å². The maximum atomic E-state index is 13.4. The van der Waals surface area contributed by atoms with Gasteiger partial charge in [0.25, 0.3) is 0 Å². The molecule has 1 aromatic heterocycles. The predicted octanol–water partition coefficient (Wildman–Crippen LogP) is 2.68. The van der Waals surface area contributed by atoms with Crippen molar-refractivity contribution in [1.29, 1.82) is 0 Å². The van der Waals surface area contributed by atoms with Crippen molar-refractivity contribution in [2.75, 3.05) is 45.3 Å². The molecule has 2 aromatic rings. The maximum Gasteiger partial charge on any atom is 0.316 e. The van der Waals surface area contributed by atoms with Gasteiger partial charge in [0.1, 0.15) is 10.8 Å². The fraction of sp³-hybridized carbons (Fsp3) is 0.586. The van der Waals surface area contributed by atoms with Crippen LogP contribution in [0.15, 0.2) is 35.3 Å². The van der Waals surface area contributed by atoms with Crippen molar-refractivity contribution >= 4 is 39.5 Å². The van der Waals surface area contributed by atoms with Crippen molar-refractivity contribution in [1.82, 2.24) is 4.90 Å².